The van der Waals surface area contributed by atoms with Gasteiger partial charge in [0.1, 0.15) is 6.26 Å². The van der Waals surface area contributed by atoms with Gasteiger partial charge in [-0.15, -0.1) is 11.3 Å². The van der Waals surface area contributed by atoms with Gasteiger partial charge in [0.05, 0.1) is 17.0 Å². The van der Waals surface area contributed by atoms with Crippen molar-refractivity contribution < 1.29 is 9.21 Å². The van der Waals surface area contributed by atoms with Gasteiger partial charge in [-0.25, -0.2) is 4.98 Å². The van der Waals surface area contributed by atoms with Gasteiger partial charge in [-0.1, -0.05) is 36.4 Å². The number of carbonyl (C=O) groups excluding carboxylic acids is 1. The molecule has 1 amide bonds. The number of hydrogen-bond donors (Lipinski definition) is 1. The highest BCUT2D eigenvalue weighted by molar-refractivity contribution is 7.13. The van der Waals surface area contributed by atoms with Gasteiger partial charge in [0, 0.05) is 19.0 Å². The third-order valence-electron chi connectivity index (χ3n) is 4.94. The van der Waals surface area contributed by atoms with Gasteiger partial charge < -0.3 is 15.1 Å². The van der Waals surface area contributed by atoms with Crippen molar-refractivity contribution in [3.05, 3.63) is 65.4 Å². The lowest BCUT2D eigenvalue weighted by Crippen LogP contribution is -2.31. The number of nitrogens with two attached hydrogens (primary N) is 1. The van der Waals surface area contributed by atoms with E-state index in [2.05, 4.69) is 17.1 Å². The van der Waals surface area contributed by atoms with Crippen LogP contribution in [0.5, 0.6) is 0 Å². The van der Waals surface area contributed by atoms with Crippen LogP contribution in [-0.4, -0.2) is 35.4 Å². The van der Waals surface area contributed by atoms with Crippen LogP contribution >= 0.6 is 11.3 Å². The zero-order valence-electron chi connectivity index (χ0n) is 14.4. The van der Waals surface area contributed by atoms with Crippen molar-refractivity contribution >= 4 is 17.2 Å². The number of hydrogen-bond acceptors (Lipinski definition) is 5. The summed E-state index contributed by atoms with van der Waals surface area (Å²) in [5.41, 5.74) is 7.89. The fourth-order valence-electron chi connectivity index (χ4n) is 3.56. The van der Waals surface area contributed by atoms with E-state index in [-0.39, 0.29) is 12.3 Å². The number of likely N-dealkylation sites (tertiary alicyclic amines) is 1. The Bertz CT molecular complexity index is 860. The first kappa shape index (κ1) is 17.0. The molecule has 1 aliphatic heterocycles. The van der Waals surface area contributed by atoms with Crippen LogP contribution in [0.1, 0.15) is 17.2 Å². The molecule has 134 valence electrons. The van der Waals surface area contributed by atoms with Gasteiger partial charge >= 0.3 is 0 Å². The van der Waals surface area contributed by atoms with Crippen molar-refractivity contribution in [3.63, 3.8) is 0 Å². The second-order valence-electron chi connectivity index (χ2n) is 6.61. The normalized spacial score (nSPS) is 19.8. The van der Waals surface area contributed by atoms with Crippen LogP contribution in [0.15, 0.2) is 58.5 Å². The van der Waals surface area contributed by atoms with Gasteiger partial charge in [0.15, 0.2) is 0 Å². The summed E-state index contributed by atoms with van der Waals surface area (Å²) < 4.78 is 5.51. The number of amides is 1. The molecule has 26 heavy (non-hydrogen) atoms. The largest absolute Gasteiger partial charge is 0.444 e. The summed E-state index contributed by atoms with van der Waals surface area (Å²) in [7, 11) is 0. The third-order valence-corrected chi connectivity index (χ3v) is 5.80. The highest BCUT2D eigenvalue weighted by Crippen LogP contribution is 2.32. The molecule has 0 unspecified atom stereocenters. The average molecular weight is 367 g/mol. The van der Waals surface area contributed by atoms with Crippen molar-refractivity contribution in [3.8, 4) is 10.8 Å². The van der Waals surface area contributed by atoms with Crippen molar-refractivity contribution in [2.45, 2.75) is 12.3 Å². The summed E-state index contributed by atoms with van der Waals surface area (Å²) in [4.78, 5) is 20.1. The zero-order chi connectivity index (χ0) is 17.9. The Balaban J connectivity index is 1.44. The molecule has 1 fully saturated rings. The Morgan fingerprint density at radius 1 is 1.23 bits per heavy atom. The maximum absolute atomic E-state index is 12.8. The second-order valence-corrected chi connectivity index (χ2v) is 7.56. The molecule has 1 aliphatic rings. The SMILES string of the molecule is NC[C@@H]1CN(C(=O)Cc2coc(-c3cccs3)n2)C[C@H]1c1ccccc1. The minimum absolute atomic E-state index is 0.0768. The molecule has 0 radical (unpaired) electrons. The first-order valence-corrected chi connectivity index (χ1v) is 9.63. The molecule has 5 nitrogen and oxygen atoms in total. The molecule has 2 N–H and O–H groups in total. The van der Waals surface area contributed by atoms with Gasteiger partial charge in [0.25, 0.3) is 0 Å². The molecule has 0 bridgehead atoms. The lowest BCUT2D eigenvalue weighted by molar-refractivity contribution is -0.129. The summed E-state index contributed by atoms with van der Waals surface area (Å²) in [6, 6.07) is 14.2. The molecule has 0 saturated carbocycles. The number of nitrogens with zero attached hydrogens (tertiary/aromatic N) is 2. The fraction of sp³-hybridized carbons (Fsp3) is 0.300. The van der Waals surface area contributed by atoms with Crippen LogP contribution < -0.4 is 5.73 Å². The Kier molecular flexibility index (Phi) is 4.86. The number of rotatable bonds is 5. The number of aromatic nitrogens is 1. The van der Waals surface area contributed by atoms with Crippen LogP contribution in [0.2, 0.25) is 0 Å². The lowest BCUT2D eigenvalue weighted by atomic mass is 9.89. The molecule has 0 spiro atoms. The van der Waals surface area contributed by atoms with E-state index in [1.54, 1.807) is 17.6 Å². The van der Waals surface area contributed by atoms with Crippen LogP contribution in [0.3, 0.4) is 0 Å². The number of oxazole rings is 1. The maximum atomic E-state index is 12.8. The topological polar surface area (TPSA) is 72.4 Å². The molecule has 0 aliphatic carbocycles. The first-order valence-electron chi connectivity index (χ1n) is 8.75. The predicted octanol–water partition coefficient (Wildman–Crippen LogP) is 3.15. The van der Waals surface area contributed by atoms with E-state index in [9.17, 15) is 4.79 Å². The van der Waals surface area contributed by atoms with Crippen LogP contribution in [0, 0.1) is 5.92 Å². The van der Waals surface area contributed by atoms with E-state index in [4.69, 9.17) is 10.2 Å². The third kappa shape index (κ3) is 3.43. The summed E-state index contributed by atoms with van der Waals surface area (Å²) in [5.74, 6) is 1.24. The fourth-order valence-corrected chi connectivity index (χ4v) is 4.22. The predicted molar refractivity (Wildman–Crippen MR) is 102 cm³/mol. The highest BCUT2D eigenvalue weighted by atomic mass is 32.1. The number of benzene rings is 1. The molecule has 1 aromatic carbocycles. The van der Waals surface area contributed by atoms with E-state index in [1.807, 2.05) is 40.6 Å². The number of thiophene rings is 1. The van der Waals surface area contributed by atoms with Crippen molar-refractivity contribution in [2.75, 3.05) is 19.6 Å². The van der Waals surface area contributed by atoms with Gasteiger partial charge in [-0.3, -0.25) is 4.79 Å². The van der Waals surface area contributed by atoms with Gasteiger partial charge in [0.2, 0.25) is 11.8 Å². The molecule has 2 atom stereocenters. The Labute approximate surface area is 156 Å². The molecule has 2 aromatic heterocycles. The average Bonchev–Trinajstić information content (AvgIpc) is 3.41. The highest BCUT2D eigenvalue weighted by Gasteiger charge is 2.35. The standard InChI is InChI=1S/C20H21N3O2S/c21-10-15-11-23(12-17(15)14-5-2-1-3-6-14)19(24)9-16-13-25-20(22-16)18-7-4-8-26-18/h1-8,13,15,17H,9-12,21H2/t15-,17+/m1/s1. The van der Waals surface area contributed by atoms with Crippen LogP contribution in [-0.2, 0) is 11.2 Å². The van der Waals surface area contributed by atoms with E-state index in [0.717, 1.165) is 4.88 Å². The molecular weight excluding hydrogens is 346 g/mol. The van der Waals surface area contributed by atoms with Crippen LogP contribution in [0.4, 0.5) is 0 Å². The van der Waals surface area contributed by atoms with Crippen molar-refractivity contribution in [1.82, 2.24) is 9.88 Å². The summed E-state index contributed by atoms with van der Waals surface area (Å²) in [6.45, 7) is 1.99. The maximum Gasteiger partial charge on any atom is 0.236 e. The summed E-state index contributed by atoms with van der Waals surface area (Å²) in [6.07, 6.45) is 1.84. The Morgan fingerprint density at radius 3 is 2.81 bits per heavy atom. The van der Waals surface area contributed by atoms with Crippen molar-refractivity contribution in [2.24, 2.45) is 11.7 Å². The van der Waals surface area contributed by atoms with Crippen LogP contribution in [0.25, 0.3) is 10.8 Å². The quantitative estimate of drug-likeness (QED) is 0.752. The first-order chi connectivity index (χ1) is 12.7. The molecular formula is C20H21N3O2S. The van der Waals surface area contributed by atoms with E-state index >= 15 is 0 Å². The lowest BCUT2D eigenvalue weighted by Gasteiger charge is -2.16. The Hall–Kier alpha value is -2.44. The summed E-state index contributed by atoms with van der Waals surface area (Å²) in [5, 5.41) is 1.98. The van der Waals surface area contributed by atoms with Gasteiger partial charge in [-0.05, 0) is 29.5 Å². The monoisotopic (exact) mass is 367 g/mol. The second kappa shape index (κ2) is 7.43. The molecule has 4 rings (SSSR count). The van der Waals surface area contributed by atoms with Crippen molar-refractivity contribution in [1.29, 1.82) is 0 Å². The smallest absolute Gasteiger partial charge is 0.236 e. The molecule has 1 saturated heterocycles. The summed E-state index contributed by atoms with van der Waals surface area (Å²) >= 11 is 1.57. The zero-order valence-corrected chi connectivity index (χ0v) is 15.2. The molecule has 3 aromatic rings. The Morgan fingerprint density at radius 2 is 2.08 bits per heavy atom. The van der Waals surface area contributed by atoms with E-state index in [1.165, 1.54) is 5.56 Å². The molecule has 3 heterocycles. The molecule has 6 heteroatoms. The minimum Gasteiger partial charge on any atom is -0.444 e. The number of carbonyl (C=O) groups is 1. The van der Waals surface area contributed by atoms with E-state index in [0.29, 0.717) is 43.1 Å². The van der Waals surface area contributed by atoms with Gasteiger partial charge in [-0.2, -0.15) is 0 Å². The van der Waals surface area contributed by atoms with E-state index < -0.39 is 0 Å². The minimum atomic E-state index is 0.0768.